The molecule has 3 heterocycles. The number of rotatable bonds is 6. The molecule has 3 aromatic rings. The molecule has 0 radical (unpaired) electrons. The Hall–Kier alpha value is -2.55. The van der Waals surface area contributed by atoms with Gasteiger partial charge in [0.05, 0.1) is 10.6 Å². The standard InChI is InChI=1S/C24H26N2O4S2/c1-18-4-2-3-5-24(18)32(27,28)26(21-6-7-22-23(14-21)30-17-29-22)20-8-11-25(12-9-20)15-19-10-13-31-16-19/h2-7,10,13-14,16,20H,8-9,11-12,15,17H2,1H3. The third-order valence-corrected chi connectivity index (χ3v) is 8.89. The molecule has 0 N–H and O–H groups in total. The quantitative estimate of drug-likeness (QED) is 0.525. The molecule has 6 nitrogen and oxygen atoms in total. The van der Waals surface area contributed by atoms with Crippen molar-refractivity contribution in [2.75, 3.05) is 24.2 Å². The van der Waals surface area contributed by atoms with Crippen LogP contribution in [-0.2, 0) is 16.6 Å². The van der Waals surface area contributed by atoms with E-state index in [0.717, 1.165) is 38.0 Å². The largest absolute Gasteiger partial charge is 0.454 e. The number of sulfonamides is 1. The number of likely N-dealkylation sites (tertiary alicyclic amines) is 1. The first-order valence-electron chi connectivity index (χ1n) is 10.8. The fraction of sp³-hybridized carbons (Fsp3) is 0.333. The van der Waals surface area contributed by atoms with E-state index >= 15 is 0 Å². The van der Waals surface area contributed by atoms with E-state index in [1.54, 1.807) is 39.9 Å². The molecule has 0 atom stereocenters. The molecule has 0 unspecified atom stereocenters. The molecule has 0 spiro atoms. The van der Waals surface area contributed by atoms with Crippen LogP contribution in [0.4, 0.5) is 5.69 Å². The van der Waals surface area contributed by atoms with Gasteiger partial charge in [-0.15, -0.1) is 0 Å². The molecule has 2 aliphatic heterocycles. The molecule has 0 aliphatic carbocycles. The van der Waals surface area contributed by atoms with Crippen molar-refractivity contribution in [2.45, 2.75) is 37.2 Å². The lowest BCUT2D eigenvalue weighted by molar-refractivity contribution is 0.174. The summed E-state index contributed by atoms with van der Waals surface area (Å²) in [6.07, 6.45) is 1.54. The molecule has 168 valence electrons. The minimum atomic E-state index is -3.75. The summed E-state index contributed by atoms with van der Waals surface area (Å²) in [5, 5.41) is 4.27. The fourth-order valence-corrected chi connectivity index (χ4v) is 7.06. The number of fused-ring (bicyclic) bond motifs is 1. The molecule has 5 rings (SSSR count). The number of piperidine rings is 1. The molecule has 1 saturated heterocycles. The van der Waals surface area contributed by atoms with E-state index in [1.165, 1.54) is 5.56 Å². The Balaban J connectivity index is 1.46. The summed E-state index contributed by atoms with van der Waals surface area (Å²) in [5.41, 5.74) is 2.68. The van der Waals surface area contributed by atoms with Gasteiger partial charge in [0.2, 0.25) is 6.79 Å². The normalized spacial score (nSPS) is 16.9. The van der Waals surface area contributed by atoms with Gasteiger partial charge in [0.25, 0.3) is 10.0 Å². The fourth-order valence-electron chi connectivity index (χ4n) is 4.47. The molecule has 0 amide bonds. The first-order valence-corrected chi connectivity index (χ1v) is 13.1. The van der Waals surface area contributed by atoms with Crippen molar-refractivity contribution in [3.8, 4) is 11.5 Å². The monoisotopic (exact) mass is 470 g/mol. The van der Waals surface area contributed by atoms with E-state index < -0.39 is 10.0 Å². The number of aryl methyl sites for hydroxylation is 1. The lowest BCUT2D eigenvalue weighted by Gasteiger charge is -2.39. The smallest absolute Gasteiger partial charge is 0.264 e. The van der Waals surface area contributed by atoms with Crippen LogP contribution >= 0.6 is 11.3 Å². The van der Waals surface area contributed by atoms with E-state index in [2.05, 4.69) is 21.7 Å². The summed E-state index contributed by atoms with van der Waals surface area (Å²) in [4.78, 5) is 2.75. The number of thiophene rings is 1. The lowest BCUT2D eigenvalue weighted by atomic mass is 10.0. The number of nitrogens with zero attached hydrogens (tertiary/aromatic N) is 2. The van der Waals surface area contributed by atoms with Gasteiger partial charge in [0, 0.05) is 31.7 Å². The van der Waals surface area contributed by atoms with E-state index in [4.69, 9.17) is 9.47 Å². The third-order valence-electron chi connectivity index (χ3n) is 6.12. The number of hydrogen-bond donors (Lipinski definition) is 0. The van der Waals surface area contributed by atoms with Crippen molar-refractivity contribution in [2.24, 2.45) is 0 Å². The number of hydrogen-bond acceptors (Lipinski definition) is 6. The molecule has 1 aromatic heterocycles. The molecular weight excluding hydrogens is 444 g/mol. The van der Waals surface area contributed by atoms with E-state index in [9.17, 15) is 8.42 Å². The van der Waals surface area contributed by atoms with Crippen molar-refractivity contribution in [3.05, 3.63) is 70.4 Å². The number of anilines is 1. The minimum Gasteiger partial charge on any atom is -0.454 e. The van der Waals surface area contributed by atoms with Crippen LogP contribution in [0.1, 0.15) is 24.0 Å². The molecule has 32 heavy (non-hydrogen) atoms. The lowest BCUT2D eigenvalue weighted by Crippen LogP contribution is -2.47. The van der Waals surface area contributed by atoms with Gasteiger partial charge in [-0.1, -0.05) is 18.2 Å². The summed E-state index contributed by atoms with van der Waals surface area (Å²) >= 11 is 1.71. The first kappa shape index (κ1) is 21.3. The first-order chi connectivity index (χ1) is 15.5. The highest BCUT2D eigenvalue weighted by atomic mass is 32.2. The number of ether oxygens (including phenoxy) is 2. The SMILES string of the molecule is Cc1ccccc1S(=O)(=O)N(c1ccc2c(c1)OCO2)C1CCN(Cc2ccsc2)CC1. The summed E-state index contributed by atoms with van der Waals surface area (Å²) in [6, 6.07) is 14.6. The highest BCUT2D eigenvalue weighted by Crippen LogP contribution is 2.39. The van der Waals surface area contributed by atoms with Crippen LogP contribution in [0, 0.1) is 6.92 Å². The van der Waals surface area contributed by atoms with Crippen molar-refractivity contribution in [3.63, 3.8) is 0 Å². The Morgan fingerprint density at radius 2 is 1.84 bits per heavy atom. The molecule has 1 fully saturated rings. The summed E-state index contributed by atoms with van der Waals surface area (Å²) < 4.78 is 40.5. The van der Waals surface area contributed by atoms with Crippen molar-refractivity contribution in [1.29, 1.82) is 0 Å². The zero-order chi connectivity index (χ0) is 22.1. The van der Waals surface area contributed by atoms with Gasteiger partial charge in [0.1, 0.15) is 0 Å². The maximum Gasteiger partial charge on any atom is 0.264 e. The highest BCUT2D eigenvalue weighted by Gasteiger charge is 2.35. The van der Waals surface area contributed by atoms with Gasteiger partial charge >= 0.3 is 0 Å². The molecule has 0 saturated carbocycles. The van der Waals surface area contributed by atoms with Crippen LogP contribution in [0.2, 0.25) is 0 Å². The Labute approximate surface area is 193 Å². The van der Waals surface area contributed by atoms with Gasteiger partial charge in [0.15, 0.2) is 11.5 Å². The van der Waals surface area contributed by atoms with Crippen molar-refractivity contribution >= 4 is 27.0 Å². The maximum absolute atomic E-state index is 13.9. The zero-order valence-corrected chi connectivity index (χ0v) is 19.6. The second kappa shape index (κ2) is 8.77. The van der Waals surface area contributed by atoms with Gasteiger partial charge < -0.3 is 9.47 Å². The van der Waals surface area contributed by atoms with Crippen LogP contribution in [0.5, 0.6) is 11.5 Å². The minimum absolute atomic E-state index is 0.126. The Morgan fingerprint density at radius 3 is 2.59 bits per heavy atom. The predicted molar refractivity (Wildman–Crippen MR) is 126 cm³/mol. The van der Waals surface area contributed by atoms with E-state index in [-0.39, 0.29) is 12.8 Å². The predicted octanol–water partition coefficient (Wildman–Crippen LogP) is 4.65. The average molecular weight is 471 g/mol. The highest BCUT2D eigenvalue weighted by molar-refractivity contribution is 7.93. The third kappa shape index (κ3) is 4.10. The van der Waals surface area contributed by atoms with Crippen molar-refractivity contribution < 1.29 is 17.9 Å². The Morgan fingerprint density at radius 1 is 1.06 bits per heavy atom. The van der Waals surface area contributed by atoms with Gasteiger partial charge in [-0.3, -0.25) is 9.21 Å². The number of benzene rings is 2. The van der Waals surface area contributed by atoms with Crippen LogP contribution in [0.15, 0.2) is 64.2 Å². The van der Waals surface area contributed by atoms with E-state index in [1.807, 2.05) is 25.1 Å². The van der Waals surface area contributed by atoms with Crippen LogP contribution in [0.3, 0.4) is 0 Å². The van der Waals surface area contributed by atoms with Gasteiger partial charge in [-0.25, -0.2) is 8.42 Å². The van der Waals surface area contributed by atoms with Gasteiger partial charge in [-0.05, 0) is 65.9 Å². The second-order valence-corrected chi connectivity index (χ2v) is 10.8. The molecule has 2 aliphatic rings. The summed E-state index contributed by atoms with van der Waals surface area (Å²) in [7, 11) is -3.75. The van der Waals surface area contributed by atoms with Crippen LogP contribution in [-0.4, -0.2) is 39.2 Å². The zero-order valence-electron chi connectivity index (χ0n) is 17.9. The topological polar surface area (TPSA) is 59.1 Å². The molecule has 0 bridgehead atoms. The molecular formula is C24H26N2O4S2. The summed E-state index contributed by atoms with van der Waals surface area (Å²) in [6.45, 7) is 4.61. The summed E-state index contributed by atoms with van der Waals surface area (Å²) in [5.74, 6) is 1.23. The molecule has 2 aromatic carbocycles. The Bertz CT molecular complexity index is 1190. The van der Waals surface area contributed by atoms with Crippen LogP contribution < -0.4 is 13.8 Å². The van der Waals surface area contributed by atoms with Crippen LogP contribution in [0.25, 0.3) is 0 Å². The maximum atomic E-state index is 13.9. The molecule has 8 heteroatoms. The van der Waals surface area contributed by atoms with E-state index in [0.29, 0.717) is 22.1 Å². The average Bonchev–Trinajstić information content (AvgIpc) is 3.47. The second-order valence-electron chi connectivity index (χ2n) is 8.24. The van der Waals surface area contributed by atoms with Crippen molar-refractivity contribution in [1.82, 2.24) is 4.90 Å². The Kier molecular flexibility index (Phi) is 5.84. The van der Waals surface area contributed by atoms with Gasteiger partial charge in [-0.2, -0.15) is 11.3 Å².